The minimum absolute atomic E-state index is 0.0299. The summed E-state index contributed by atoms with van der Waals surface area (Å²) in [7, 11) is 0. The highest BCUT2D eigenvalue weighted by Gasteiger charge is 2.26. The number of halogens is 1. The third kappa shape index (κ3) is 7.44. The lowest BCUT2D eigenvalue weighted by molar-refractivity contribution is -1.00. The number of carbonyl (C=O) groups is 2. The van der Waals surface area contributed by atoms with Gasteiger partial charge in [-0.1, -0.05) is 54.1 Å². The van der Waals surface area contributed by atoms with Crippen LogP contribution in [0, 0.1) is 0 Å². The van der Waals surface area contributed by atoms with E-state index in [1.807, 2.05) is 30.3 Å². The fourth-order valence-electron chi connectivity index (χ4n) is 3.75. The van der Waals surface area contributed by atoms with Gasteiger partial charge in [0.1, 0.15) is 26.2 Å². The van der Waals surface area contributed by atoms with E-state index >= 15 is 0 Å². The van der Waals surface area contributed by atoms with Crippen LogP contribution in [0.3, 0.4) is 0 Å². The molecule has 1 fully saturated rings. The molecule has 6 nitrogen and oxygen atoms in total. The molecule has 4 N–H and O–H groups in total. The number of nitrogens with one attached hydrogen (secondary N) is 4. The van der Waals surface area contributed by atoms with Gasteiger partial charge in [-0.3, -0.25) is 9.59 Å². The molecule has 1 aliphatic rings. The summed E-state index contributed by atoms with van der Waals surface area (Å²) >= 11 is 6.09. The molecule has 2 amide bonds. The largest absolute Gasteiger partial charge is 0.351 e. The van der Waals surface area contributed by atoms with Crippen LogP contribution >= 0.6 is 11.6 Å². The Morgan fingerprint density at radius 3 is 2.10 bits per heavy atom. The molecule has 2 aromatic carbocycles. The van der Waals surface area contributed by atoms with Crippen LogP contribution in [0.15, 0.2) is 54.6 Å². The number of carbonyl (C=O) groups excluding carboxylic acids is 2. The number of amides is 2. The van der Waals surface area contributed by atoms with Crippen molar-refractivity contribution in [1.82, 2.24) is 5.32 Å². The molecule has 0 aromatic heterocycles. The predicted molar refractivity (Wildman–Crippen MR) is 119 cm³/mol. The van der Waals surface area contributed by atoms with Gasteiger partial charge in [0.15, 0.2) is 13.1 Å². The van der Waals surface area contributed by atoms with E-state index in [2.05, 4.69) is 22.8 Å². The minimum atomic E-state index is -0.0299. The van der Waals surface area contributed by atoms with Gasteiger partial charge < -0.3 is 20.4 Å². The molecular weight excluding hydrogens is 400 g/mol. The summed E-state index contributed by atoms with van der Waals surface area (Å²) in [4.78, 5) is 27.0. The number of rotatable bonds is 9. The summed E-state index contributed by atoms with van der Waals surface area (Å²) < 4.78 is 0. The van der Waals surface area contributed by atoms with Crippen molar-refractivity contribution in [2.24, 2.45) is 0 Å². The Morgan fingerprint density at radius 2 is 1.43 bits per heavy atom. The molecule has 0 saturated carbocycles. The number of hydrogen-bond donors (Lipinski definition) is 4. The van der Waals surface area contributed by atoms with E-state index in [4.69, 9.17) is 11.6 Å². The minimum Gasteiger partial charge on any atom is -0.351 e. The zero-order valence-corrected chi connectivity index (χ0v) is 18.0. The molecule has 160 valence electrons. The molecule has 1 aliphatic heterocycles. The van der Waals surface area contributed by atoms with Crippen LogP contribution in [0.5, 0.6) is 0 Å². The Morgan fingerprint density at radius 1 is 0.833 bits per heavy atom. The van der Waals surface area contributed by atoms with Crippen LogP contribution in [-0.4, -0.2) is 57.6 Å². The summed E-state index contributed by atoms with van der Waals surface area (Å²) in [5, 5.41) is 6.46. The third-order valence-electron chi connectivity index (χ3n) is 5.44. The number of benzene rings is 2. The number of quaternary nitrogens is 2. The van der Waals surface area contributed by atoms with Gasteiger partial charge in [-0.2, -0.15) is 0 Å². The highest BCUT2D eigenvalue weighted by molar-refractivity contribution is 6.33. The summed E-state index contributed by atoms with van der Waals surface area (Å²) in [6, 6.07) is 17.6. The summed E-state index contributed by atoms with van der Waals surface area (Å²) in [5.41, 5.74) is 1.95. The van der Waals surface area contributed by atoms with E-state index in [1.54, 1.807) is 12.1 Å². The first-order valence-corrected chi connectivity index (χ1v) is 11.0. The number of anilines is 1. The van der Waals surface area contributed by atoms with Gasteiger partial charge in [-0.15, -0.1) is 0 Å². The van der Waals surface area contributed by atoms with Crippen LogP contribution < -0.4 is 20.4 Å². The Hall–Kier alpha value is -2.41. The Balaban J connectivity index is 1.29. The van der Waals surface area contributed by atoms with Crippen molar-refractivity contribution in [3.8, 4) is 0 Å². The SMILES string of the molecule is O=C(C[NH+]1CC[NH+](CC(=O)Nc2ccccc2Cl)CC1)NCCCc1ccccc1. The highest BCUT2D eigenvalue weighted by Crippen LogP contribution is 2.19. The van der Waals surface area contributed by atoms with Gasteiger partial charge in [0, 0.05) is 6.54 Å². The smallest absolute Gasteiger partial charge is 0.279 e. The molecule has 7 heteroatoms. The van der Waals surface area contributed by atoms with E-state index in [1.165, 1.54) is 15.4 Å². The van der Waals surface area contributed by atoms with Gasteiger partial charge in [-0.25, -0.2) is 0 Å². The molecule has 30 heavy (non-hydrogen) atoms. The first-order valence-electron chi connectivity index (χ1n) is 10.6. The maximum atomic E-state index is 12.3. The van der Waals surface area contributed by atoms with Gasteiger partial charge in [0.2, 0.25) is 0 Å². The lowest BCUT2D eigenvalue weighted by atomic mass is 10.1. The highest BCUT2D eigenvalue weighted by atomic mass is 35.5. The summed E-state index contributed by atoms with van der Waals surface area (Å²) in [6.45, 7) is 5.19. The Kier molecular flexibility index (Phi) is 8.68. The zero-order chi connectivity index (χ0) is 21.2. The molecular formula is C23H31ClN4O2+2. The van der Waals surface area contributed by atoms with E-state index in [-0.39, 0.29) is 11.8 Å². The molecule has 3 rings (SSSR count). The normalized spacial score (nSPS) is 18.6. The van der Waals surface area contributed by atoms with E-state index in [0.29, 0.717) is 30.3 Å². The summed E-state index contributed by atoms with van der Waals surface area (Å²) in [5.74, 6) is 0.0793. The van der Waals surface area contributed by atoms with Crippen molar-refractivity contribution in [2.45, 2.75) is 12.8 Å². The predicted octanol–water partition coefficient (Wildman–Crippen LogP) is -0.189. The van der Waals surface area contributed by atoms with Gasteiger partial charge in [-0.05, 0) is 30.5 Å². The van der Waals surface area contributed by atoms with Crippen LogP contribution in [0.1, 0.15) is 12.0 Å². The van der Waals surface area contributed by atoms with E-state index in [9.17, 15) is 9.59 Å². The van der Waals surface area contributed by atoms with Crippen LogP contribution in [-0.2, 0) is 16.0 Å². The third-order valence-corrected chi connectivity index (χ3v) is 5.77. The maximum absolute atomic E-state index is 12.3. The summed E-state index contributed by atoms with van der Waals surface area (Å²) in [6.07, 6.45) is 1.93. The van der Waals surface area contributed by atoms with Crippen molar-refractivity contribution in [3.05, 3.63) is 65.2 Å². The van der Waals surface area contributed by atoms with Crippen molar-refractivity contribution in [2.75, 3.05) is 51.1 Å². The van der Waals surface area contributed by atoms with Crippen molar-refractivity contribution < 1.29 is 19.4 Å². The molecule has 0 bridgehead atoms. The molecule has 1 saturated heterocycles. The van der Waals surface area contributed by atoms with E-state index < -0.39 is 0 Å². The molecule has 0 unspecified atom stereocenters. The first kappa shape index (κ1) is 22.3. The lowest BCUT2D eigenvalue weighted by Gasteiger charge is -2.29. The average Bonchev–Trinajstić information content (AvgIpc) is 2.75. The Bertz CT molecular complexity index is 823. The second-order valence-corrected chi connectivity index (χ2v) is 8.23. The zero-order valence-electron chi connectivity index (χ0n) is 17.3. The van der Waals surface area contributed by atoms with Gasteiger partial charge >= 0.3 is 0 Å². The van der Waals surface area contributed by atoms with Crippen molar-refractivity contribution in [3.63, 3.8) is 0 Å². The first-order chi connectivity index (χ1) is 14.6. The molecule has 0 spiro atoms. The van der Waals surface area contributed by atoms with Gasteiger partial charge in [0.25, 0.3) is 11.8 Å². The molecule has 0 aliphatic carbocycles. The quantitative estimate of drug-likeness (QED) is 0.417. The number of aryl methyl sites for hydroxylation is 1. The topological polar surface area (TPSA) is 67.1 Å². The number of hydrogen-bond acceptors (Lipinski definition) is 2. The standard InChI is InChI=1S/C23H29ClN4O2/c24-20-10-4-5-11-21(20)26-23(30)18-28-15-13-27(14-16-28)17-22(29)25-12-6-9-19-7-2-1-3-8-19/h1-5,7-8,10-11H,6,9,12-18H2,(H,25,29)(H,26,30)/p+2. The van der Waals surface area contributed by atoms with Crippen LogP contribution in [0.25, 0.3) is 0 Å². The second kappa shape index (κ2) is 11.7. The van der Waals surface area contributed by atoms with Crippen molar-refractivity contribution in [1.29, 1.82) is 0 Å². The fraction of sp³-hybridized carbons (Fsp3) is 0.391. The monoisotopic (exact) mass is 430 g/mol. The second-order valence-electron chi connectivity index (χ2n) is 7.82. The molecule has 0 radical (unpaired) electrons. The number of piperazine rings is 1. The van der Waals surface area contributed by atoms with Gasteiger partial charge in [0.05, 0.1) is 10.7 Å². The number of para-hydroxylation sites is 1. The van der Waals surface area contributed by atoms with E-state index in [0.717, 1.165) is 39.0 Å². The van der Waals surface area contributed by atoms with Crippen LogP contribution in [0.2, 0.25) is 5.02 Å². The van der Waals surface area contributed by atoms with Crippen molar-refractivity contribution >= 4 is 29.1 Å². The maximum Gasteiger partial charge on any atom is 0.279 e. The molecule has 2 aromatic rings. The Labute approximate surface area is 183 Å². The average molecular weight is 431 g/mol. The fourth-order valence-corrected chi connectivity index (χ4v) is 3.93. The molecule has 1 heterocycles. The molecule has 0 atom stereocenters. The van der Waals surface area contributed by atoms with Crippen LogP contribution in [0.4, 0.5) is 5.69 Å². The lowest BCUT2D eigenvalue weighted by Crippen LogP contribution is -3.28.